The maximum absolute atomic E-state index is 11.5. The molecule has 0 radical (unpaired) electrons. The summed E-state index contributed by atoms with van der Waals surface area (Å²) in [6.07, 6.45) is 3.72. The van der Waals surface area contributed by atoms with Crippen LogP contribution in [0.25, 0.3) is 0 Å². The van der Waals surface area contributed by atoms with Crippen molar-refractivity contribution < 1.29 is 8.42 Å². The maximum Gasteiger partial charge on any atom is 0.191 e. The lowest BCUT2D eigenvalue weighted by Gasteiger charge is -2.15. The SMILES string of the molecule is CCNC(=NCCCCc1nc(C)cs1)NC1CCS(=O)(=O)C1. The van der Waals surface area contributed by atoms with E-state index >= 15 is 0 Å². The molecule has 1 unspecified atom stereocenters. The van der Waals surface area contributed by atoms with E-state index in [0.717, 1.165) is 44.0 Å². The molecule has 0 aromatic carbocycles. The molecule has 0 saturated carbocycles. The van der Waals surface area contributed by atoms with Crippen LogP contribution in [-0.2, 0) is 16.3 Å². The average molecular weight is 359 g/mol. The summed E-state index contributed by atoms with van der Waals surface area (Å²) >= 11 is 1.71. The van der Waals surface area contributed by atoms with Crippen LogP contribution in [0.2, 0.25) is 0 Å². The smallest absolute Gasteiger partial charge is 0.191 e. The largest absolute Gasteiger partial charge is 0.357 e. The maximum atomic E-state index is 11.5. The Balaban J connectivity index is 1.73. The van der Waals surface area contributed by atoms with Gasteiger partial charge in [-0.05, 0) is 39.5 Å². The number of thiazole rings is 1. The lowest BCUT2D eigenvalue weighted by atomic mass is 10.2. The summed E-state index contributed by atoms with van der Waals surface area (Å²) in [7, 11) is -2.86. The molecule has 2 rings (SSSR count). The van der Waals surface area contributed by atoms with Gasteiger partial charge in [0.15, 0.2) is 15.8 Å². The molecule has 1 saturated heterocycles. The lowest BCUT2D eigenvalue weighted by Crippen LogP contribution is -2.44. The van der Waals surface area contributed by atoms with Crippen molar-refractivity contribution in [2.75, 3.05) is 24.6 Å². The Morgan fingerprint density at radius 1 is 1.48 bits per heavy atom. The fourth-order valence-corrected chi connectivity index (χ4v) is 5.01. The van der Waals surface area contributed by atoms with Crippen molar-refractivity contribution in [1.82, 2.24) is 15.6 Å². The van der Waals surface area contributed by atoms with Gasteiger partial charge in [0.1, 0.15) is 0 Å². The van der Waals surface area contributed by atoms with Crippen molar-refractivity contribution in [1.29, 1.82) is 0 Å². The molecule has 0 amide bonds. The Morgan fingerprint density at radius 3 is 2.91 bits per heavy atom. The quantitative estimate of drug-likeness (QED) is 0.439. The molecule has 8 heteroatoms. The molecule has 0 aliphatic carbocycles. The number of hydrogen-bond donors (Lipinski definition) is 2. The van der Waals surface area contributed by atoms with Gasteiger partial charge in [-0.25, -0.2) is 13.4 Å². The first-order chi connectivity index (χ1) is 11.0. The highest BCUT2D eigenvalue weighted by Gasteiger charge is 2.28. The summed E-state index contributed by atoms with van der Waals surface area (Å²) in [5, 5.41) is 9.68. The molecule has 0 bridgehead atoms. The minimum Gasteiger partial charge on any atom is -0.357 e. The van der Waals surface area contributed by atoms with Crippen LogP contribution in [0.15, 0.2) is 10.4 Å². The Morgan fingerprint density at radius 2 is 2.30 bits per heavy atom. The van der Waals surface area contributed by atoms with E-state index in [4.69, 9.17) is 0 Å². The zero-order valence-corrected chi connectivity index (χ0v) is 15.5. The van der Waals surface area contributed by atoms with E-state index in [1.54, 1.807) is 11.3 Å². The lowest BCUT2D eigenvalue weighted by molar-refractivity contribution is 0.599. The van der Waals surface area contributed by atoms with E-state index < -0.39 is 9.84 Å². The van der Waals surface area contributed by atoms with E-state index in [0.29, 0.717) is 6.42 Å². The highest BCUT2D eigenvalue weighted by molar-refractivity contribution is 7.91. The van der Waals surface area contributed by atoms with Gasteiger partial charge in [0.25, 0.3) is 0 Å². The van der Waals surface area contributed by atoms with Gasteiger partial charge in [0, 0.05) is 30.2 Å². The number of nitrogens with zero attached hydrogens (tertiary/aromatic N) is 2. The summed E-state index contributed by atoms with van der Waals surface area (Å²) in [6.45, 7) is 5.53. The van der Waals surface area contributed by atoms with Crippen molar-refractivity contribution in [3.8, 4) is 0 Å². The summed E-state index contributed by atoms with van der Waals surface area (Å²) in [4.78, 5) is 9.00. The van der Waals surface area contributed by atoms with Crippen molar-refractivity contribution in [3.05, 3.63) is 16.1 Å². The van der Waals surface area contributed by atoms with E-state index in [1.165, 1.54) is 5.01 Å². The van der Waals surface area contributed by atoms with Gasteiger partial charge in [0.2, 0.25) is 0 Å². The second-order valence-electron chi connectivity index (χ2n) is 5.84. The number of unbranched alkanes of at least 4 members (excludes halogenated alkanes) is 1. The molecule has 2 heterocycles. The van der Waals surface area contributed by atoms with Crippen molar-refractivity contribution >= 4 is 27.1 Å². The minimum atomic E-state index is -2.86. The molecule has 23 heavy (non-hydrogen) atoms. The number of aromatic nitrogens is 1. The van der Waals surface area contributed by atoms with Gasteiger partial charge in [-0.15, -0.1) is 11.3 Å². The second kappa shape index (κ2) is 8.63. The molecule has 1 atom stereocenters. The number of sulfone groups is 1. The van der Waals surface area contributed by atoms with Crippen LogP contribution in [0.1, 0.15) is 36.9 Å². The molecule has 6 nitrogen and oxygen atoms in total. The zero-order chi connectivity index (χ0) is 16.7. The average Bonchev–Trinajstić information content (AvgIpc) is 3.04. The molecule has 1 aliphatic heterocycles. The molecule has 1 aromatic heterocycles. The fourth-order valence-electron chi connectivity index (χ4n) is 2.52. The van der Waals surface area contributed by atoms with E-state index in [1.807, 2.05) is 13.8 Å². The van der Waals surface area contributed by atoms with Gasteiger partial charge < -0.3 is 10.6 Å². The molecule has 2 N–H and O–H groups in total. The summed E-state index contributed by atoms with van der Waals surface area (Å²) in [5.41, 5.74) is 1.09. The van der Waals surface area contributed by atoms with Gasteiger partial charge >= 0.3 is 0 Å². The predicted octanol–water partition coefficient (Wildman–Crippen LogP) is 1.52. The van der Waals surface area contributed by atoms with E-state index in [9.17, 15) is 8.42 Å². The van der Waals surface area contributed by atoms with Crippen molar-refractivity contribution in [2.45, 2.75) is 45.6 Å². The number of hydrogen-bond acceptors (Lipinski definition) is 5. The van der Waals surface area contributed by atoms with Crippen LogP contribution in [0, 0.1) is 6.92 Å². The molecule has 1 aliphatic rings. The highest BCUT2D eigenvalue weighted by atomic mass is 32.2. The van der Waals surface area contributed by atoms with Crippen molar-refractivity contribution in [3.63, 3.8) is 0 Å². The van der Waals surface area contributed by atoms with E-state index in [2.05, 4.69) is 26.0 Å². The van der Waals surface area contributed by atoms with Gasteiger partial charge in [-0.3, -0.25) is 4.99 Å². The monoisotopic (exact) mass is 358 g/mol. The number of aryl methyl sites for hydroxylation is 2. The number of guanidine groups is 1. The van der Waals surface area contributed by atoms with Crippen LogP contribution >= 0.6 is 11.3 Å². The van der Waals surface area contributed by atoms with Crippen LogP contribution in [0.3, 0.4) is 0 Å². The Bertz CT molecular complexity index is 625. The van der Waals surface area contributed by atoms with Crippen LogP contribution < -0.4 is 10.6 Å². The summed E-state index contributed by atoms with van der Waals surface area (Å²) < 4.78 is 23.0. The third-order valence-electron chi connectivity index (χ3n) is 3.65. The molecule has 1 fully saturated rings. The predicted molar refractivity (Wildman–Crippen MR) is 96.0 cm³/mol. The standard InChI is InChI=1S/C15H26N4O2S2/c1-3-16-15(19-13-7-9-23(20,21)11-13)17-8-5-4-6-14-18-12(2)10-22-14/h10,13H,3-9,11H2,1-2H3,(H2,16,17,19). The van der Waals surface area contributed by atoms with Crippen LogP contribution in [-0.4, -0.2) is 50.0 Å². The normalized spacial score (nSPS) is 20.6. The first-order valence-electron chi connectivity index (χ1n) is 8.15. The number of aliphatic imine (C=N–C) groups is 1. The van der Waals surface area contributed by atoms with E-state index in [-0.39, 0.29) is 17.5 Å². The Hall–Kier alpha value is -1.15. The first-order valence-corrected chi connectivity index (χ1v) is 10.8. The fraction of sp³-hybridized carbons (Fsp3) is 0.733. The molecule has 1 aromatic rings. The molecule has 0 spiro atoms. The van der Waals surface area contributed by atoms with Crippen LogP contribution in [0.4, 0.5) is 0 Å². The third kappa shape index (κ3) is 6.47. The highest BCUT2D eigenvalue weighted by Crippen LogP contribution is 2.12. The summed E-state index contributed by atoms with van der Waals surface area (Å²) in [6, 6.07) is -0.0175. The topological polar surface area (TPSA) is 83.4 Å². The zero-order valence-electron chi connectivity index (χ0n) is 13.8. The number of nitrogens with one attached hydrogen (secondary N) is 2. The number of rotatable bonds is 7. The van der Waals surface area contributed by atoms with Crippen LogP contribution in [0.5, 0.6) is 0 Å². The second-order valence-corrected chi connectivity index (χ2v) is 9.02. The van der Waals surface area contributed by atoms with Gasteiger partial charge in [-0.2, -0.15) is 0 Å². The molecular weight excluding hydrogens is 332 g/mol. The first kappa shape index (κ1) is 18.2. The molecular formula is C15H26N4O2S2. The van der Waals surface area contributed by atoms with Gasteiger partial charge in [-0.1, -0.05) is 0 Å². The van der Waals surface area contributed by atoms with Gasteiger partial charge in [0.05, 0.1) is 16.5 Å². The third-order valence-corrected chi connectivity index (χ3v) is 6.45. The Labute approximate surface area is 142 Å². The molecule has 130 valence electrons. The minimum absolute atomic E-state index is 0.0175. The summed E-state index contributed by atoms with van der Waals surface area (Å²) in [5.74, 6) is 1.21. The van der Waals surface area contributed by atoms with Crippen molar-refractivity contribution in [2.24, 2.45) is 4.99 Å². The Kier molecular flexibility index (Phi) is 6.83.